The molecule has 0 saturated carbocycles. The quantitative estimate of drug-likeness (QED) is 0.126. The number of rotatable bonds is 4. The van der Waals surface area contributed by atoms with Crippen molar-refractivity contribution in [3.8, 4) is 27.9 Å². The largest absolute Gasteiger partial charge is 0.312 e. The summed E-state index contributed by atoms with van der Waals surface area (Å²) < 4.78 is 2.52. The Morgan fingerprint density at radius 2 is 1.09 bits per heavy atom. The van der Waals surface area contributed by atoms with Crippen LogP contribution in [0.1, 0.15) is 41.8 Å². The molecule has 0 amide bonds. The highest BCUT2D eigenvalue weighted by atomic mass is 15.0. The summed E-state index contributed by atoms with van der Waals surface area (Å²) in [4.78, 5) is 0. The van der Waals surface area contributed by atoms with Crippen molar-refractivity contribution in [2.45, 2.75) is 34.1 Å². The van der Waals surface area contributed by atoms with Crippen LogP contribution < -0.4 is 0 Å². The minimum Gasteiger partial charge on any atom is -0.312 e. The zero-order valence-corrected chi connectivity index (χ0v) is 32.6. The second kappa shape index (κ2) is 14.9. The lowest BCUT2D eigenvalue weighted by Crippen LogP contribution is -2.04. The van der Waals surface area contributed by atoms with E-state index in [9.17, 15) is 0 Å². The summed E-state index contributed by atoms with van der Waals surface area (Å²) in [6, 6.07) is 57.9. The number of aromatic nitrogens is 1. The number of allylic oxidation sites excluding steroid dienone is 5. The third-order valence-corrected chi connectivity index (χ3v) is 11.4. The molecule has 0 unspecified atom stereocenters. The maximum absolute atomic E-state index is 2.52. The van der Waals surface area contributed by atoms with Gasteiger partial charge in [0.25, 0.3) is 0 Å². The van der Waals surface area contributed by atoms with Gasteiger partial charge in [0.05, 0.1) is 5.52 Å². The lowest BCUT2D eigenvalue weighted by Gasteiger charge is -2.21. The summed E-state index contributed by atoms with van der Waals surface area (Å²) in [6.07, 6.45) is 11.9. The maximum atomic E-state index is 2.52. The predicted molar refractivity (Wildman–Crippen MR) is 244 cm³/mol. The van der Waals surface area contributed by atoms with Gasteiger partial charge in [0.15, 0.2) is 0 Å². The van der Waals surface area contributed by atoms with Crippen molar-refractivity contribution in [3.05, 3.63) is 210 Å². The number of hydrogen-bond acceptors (Lipinski definition) is 0. The van der Waals surface area contributed by atoms with Crippen LogP contribution in [0, 0.1) is 13.8 Å². The first-order chi connectivity index (χ1) is 27.6. The van der Waals surface area contributed by atoms with Crippen LogP contribution in [0.5, 0.6) is 0 Å². The van der Waals surface area contributed by atoms with Crippen LogP contribution in [0.3, 0.4) is 0 Å². The fourth-order valence-electron chi connectivity index (χ4n) is 8.65. The Morgan fingerprint density at radius 1 is 0.500 bits per heavy atom. The summed E-state index contributed by atoms with van der Waals surface area (Å²) >= 11 is 0. The molecule has 0 fully saturated rings. The highest BCUT2D eigenvalue weighted by Gasteiger charge is 2.22. The molecule has 1 heterocycles. The zero-order chi connectivity index (χ0) is 38.2. The lowest BCUT2D eigenvalue weighted by molar-refractivity contribution is 0.989. The molecule has 0 atom stereocenters. The number of benzene rings is 8. The second-order valence-electron chi connectivity index (χ2n) is 14.8. The topological polar surface area (TPSA) is 4.93 Å². The van der Waals surface area contributed by atoms with E-state index in [-0.39, 0.29) is 0 Å². The molecule has 8 aromatic carbocycles. The lowest BCUT2D eigenvalue weighted by atomic mass is 9.84. The highest BCUT2D eigenvalue weighted by molar-refractivity contribution is 6.21. The van der Waals surface area contributed by atoms with Crippen molar-refractivity contribution in [2.24, 2.45) is 0 Å². The van der Waals surface area contributed by atoms with Gasteiger partial charge in [-0.2, -0.15) is 0 Å². The molecular formula is C55H45N. The average Bonchev–Trinajstić information content (AvgIpc) is 3.38. The van der Waals surface area contributed by atoms with Gasteiger partial charge in [0.2, 0.25) is 0 Å². The SMILES string of the molecule is C/C=C\C.Cc1cc(-n2c3c(c4ccccc42)C=C(c2ccc4ccccc4c2)C=CC3)c(C)cc1-c1c2ccccc2c(-c2ccccc2)c2ccccc12. The fourth-order valence-corrected chi connectivity index (χ4v) is 8.65. The molecule has 1 heteroatoms. The molecule has 0 N–H and O–H groups in total. The van der Waals surface area contributed by atoms with Gasteiger partial charge in [-0.25, -0.2) is 0 Å². The van der Waals surface area contributed by atoms with Gasteiger partial charge in [0.1, 0.15) is 0 Å². The number of hydrogen-bond donors (Lipinski definition) is 0. The Labute approximate surface area is 330 Å². The number of aryl methyl sites for hydroxylation is 2. The van der Waals surface area contributed by atoms with E-state index in [1.807, 2.05) is 26.0 Å². The molecule has 0 radical (unpaired) electrons. The molecule has 0 aliphatic heterocycles. The molecule has 0 saturated heterocycles. The van der Waals surface area contributed by atoms with Crippen molar-refractivity contribution >= 4 is 54.9 Å². The average molecular weight is 720 g/mol. The molecule has 1 aromatic heterocycles. The van der Waals surface area contributed by atoms with Gasteiger partial charge in [0, 0.05) is 28.8 Å². The summed E-state index contributed by atoms with van der Waals surface area (Å²) in [5.41, 5.74) is 15.3. The van der Waals surface area contributed by atoms with Gasteiger partial charge < -0.3 is 4.57 Å². The van der Waals surface area contributed by atoms with Gasteiger partial charge >= 0.3 is 0 Å². The first kappa shape index (κ1) is 35.0. The third-order valence-electron chi connectivity index (χ3n) is 11.4. The van der Waals surface area contributed by atoms with Gasteiger partial charge in [-0.1, -0.05) is 158 Å². The van der Waals surface area contributed by atoms with Crippen LogP contribution in [0.25, 0.3) is 82.8 Å². The van der Waals surface area contributed by atoms with Crippen LogP contribution >= 0.6 is 0 Å². The predicted octanol–water partition coefficient (Wildman–Crippen LogP) is 15.3. The maximum Gasteiger partial charge on any atom is 0.0537 e. The molecular weight excluding hydrogens is 675 g/mol. The van der Waals surface area contributed by atoms with Crippen molar-refractivity contribution in [3.63, 3.8) is 0 Å². The Hall–Kier alpha value is -6.70. The van der Waals surface area contributed by atoms with Crippen molar-refractivity contribution in [1.29, 1.82) is 0 Å². The standard InChI is InChI=1S/C51H37N.C4H8/c1-33-30-49(34(2)29-45(33)51-43-23-10-8-21-41(43)50(36-16-4-3-5-17-36)42-22-9-11-24-44(42)51)52-47-25-13-12-20-40(47)46-32-38(19-14-26-48(46)52)39-28-27-35-15-6-7-18-37(35)31-39;1-3-4-2/h3-25,27-32H,26H2,1-2H3;3-4H,1-2H3/b;4-3-. The van der Waals surface area contributed by atoms with Gasteiger partial charge in [-0.15, -0.1) is 0 Å². The van der Waals surface area contributed by atoms with E-state index in [2.05, 4.69) is 194 Å². The Balaban J connectivity index is 0.000000980. The Bertz CT molecular complexity index is 2960. The summed E-state index contributed by atoms with van der Waals surface area (Å²) in [7, 11) is 0. The minimum absolute atomic E-state index is 0.855. The molecule has 9 aromatic rings. The van der Waals surface area contributed by atoms with E-state index in [0.717, 1.165) is 6.42 Å². The summed E-state index contributed by atoms with van der Waals surface area (Å²) in [5, 5.41) is 8.96. The van der Waals surface area contributed by atoms with Crippen LogP contribution in [-0.4, -0.2) is 4.57 Å². The van der Waals surface area contributed by atoms with Crippen molar-refractivity contribution < 1.29 is 0 Å². The Morgan fingerprint density at radius 3 is 1.77 bits per heavy atom. The molecule has 1 aliphatic carbocycles. The van der Waals surface area contributed by atoms with E-state index in [4.69, 9.17) is 0 Å². The van der Waals surface area contributed by atoms with Gasteiger partial charge in [-0.05, 0) is 135 Å². The smallest absolute Gasteiger partial charge is 0.0537 e. The molecule has 270 valence electrons. The normalized spacial score (nSPS) is 12.5. The summed E-state index contributed by atoms with van der Waals surface area (Å²) in [6.45, 7) is 8.57. The second-order valence-corrected chi connectivity index (χ2v) is 14.8. The molecule has 1 nitrogen and oxygen atoms in total. The molecule has 0 bridgehead atoms. The zero-order valence-electron chi connectivity index (χ0n) is 32.6. The van der Waals surface area contributed by atoms with E-state index < -0.39 is 0 Å². The van der Waals surface area contributed by atoms with E-state index in [1.165, 1.54) is 105 Å². The Kier molecular flexibility index (Phi) is 9.29. The van der Waals surface area contributed by atoms with Crippen LogP contribution in [-0.2, 0) is 6.42 Å². The fraction of sp³-hybridized carbons (Fsp3) is 0.0909. The molecule has 56 heavy (non-hydrogen) atoms. The van der Waals surface area contributed by atoms with Crippen molar-refractivity contribution in [1.82, 2.24) is 4.57 Å². The molecule has 10 rings (SSSR count). The third kappa shape index (κ3) is 6.06. The molecule has 0 spiro atoms. The monoisotopic (exact) mass is 719 g/mol. The van der Waals surface area contributed by atoms with E-state index >= 15 is 0 Å². The summed E-state index contributed by atoms with van der Waals surface area (Å²) in [5.74, 6) is 0. The van der Waals surface area contributed by atoms with Crippen LogP contribution in [0.4, 0.5) is 0 Å². The molecule has 1 aliphatic rings. The van der Waals surface area contributed by atoms with Crippen molar-refractivity contribution in [2.75, 3.05) is 0 Å². The van der Waals surface area contributed by atoms with Gasteiger partial charge in [-0.3, -0.25) is 0 Å². The van der Waals surface area contributed by atoms with E-state index in [0.29, 0.717) is 0 Å². The number of nitrogens with zero attached hydrogens (tertiary/aromatic N) is 1. The van der Waals surface area contributed by atoms with Crippen LogP contribution in [0.15, 0.2) is 182 Å². The number of fused-ring (bicyclic) bond motifs is 6. The van der Waals surface area contributed by atoms with E-state index in [1.54, 1.807) is 0 Å². The number of para-hydroxylation sites is 1. The minimum atomic E-state index is 0.855. The highest BCUT2D eigenvalue weighted by Crippen LogP contribution is 2.45. The first-order valence-corrected chi connectivity index (χ1v) is 19.7. The first-order valence-electron chi connectivity index (χ1n) is 19.7. The van der Waals surface area contributed by atoms with Crippen LogP contribution in [0.2, 0.25) is 0 Å².